The number of nitrogens with zero attached hydrogens (tertiary/aromatic N) is 1. The Morgan fingerprint density at radius 2 is 1.89 bits per heavy atom. The summed E-state index contributed by atoms with van der Waals surface area (Å²) in [6, 6.07) is 10.1. The first-order valence-electron chi connectivity index (χ1n) is 6.10. The second-order valence-corrected chi connectivity index (χ2v) is 4.53. The molecule has 0 bridgehead atoms. The average Bonchev–Trinajstić information content (AvgIpc) is 2.41. The van der Waals surface area contributed by atoms with Crippen LogP contribution in [0, 0.1) is 0 Å². The lowest BCUT2D eigenvalue weighted by atomic mass is 10.0. The molecular formula is C14H19NO3. The van der Waals surface area contributed by atoms with Gasteiger partial charge in [0.15, 0.2) is 0 Å². The van der Waals surface area contributed by atoms with Gasteiger partial charge in [-0.05, 0) is 5.56 Å². The summed E-state index contributed by atoms with van der Waals surface area (Å²) in [4.78, 5) is 14.2. The van der Waals surface area contributed by atoms with Crippen LogP contribution in [0.4, 0.5) is 0 Å². The summed E-state index contributed by atoms with van der Waals surface area (Å²) in [7, 11) is 3.04. The fourth-order valence-corrected chi connectivity index (χ4v) is 2.34. The van der Waals surface area contributed by atoms with E-state index < -0.39 is 5.79 Å². The highest BCUT2D eigenvalue weighted by Crippen LogP contribution is 2.24. The molecule has 1 aliphatic heterocycles. The predicted molar refractivity (Wildman–Crippen MR) is 68.1 cm³/mol. The zero-order chi connectivity index (χ0) is 13.0. The van der Waals surface area contributed by atoms with E-state index in [1.165, 1.54) is 19.8 Å². The molecule has 0 aliphatic carbocycles. The maximum atomic E-state index is 12.1. The molecule has 0 amide bonds. The number of carbonyl (C=O) groups is 1. The second-order valence-electron chi connectivity index (χ2n) is 4.53. The number of ether oxygens (including phenoxy) is 2. The number of piperidine rings is 1. The van der Waals surface area contributed by atoms with E-state index in [4.69, 9.17) is 9.47 Å². The molecule has 0 saturated carbocycles. The van der Waals surface area contributed by atoms with Gasteiger partial charge < -0.3 is 9.47 Å². The molecule has 1 heterocycles. The molecule has 1 aliphatic rings. The minimum Gasteiger partial charge on any atom is -0.347 e. The van der Waals surface area contributed by atoms with Crippen molar-refractivity contribution < 1.29 is 14.3 Å². The monoisotopic (exact) mass is 249 g/mol. The SMILES string of the molecule is COC1(OC)CCN(Cc2ccccc2)CC1=O. The summed E-state index contributed by atoms with van der Waals surface area (Å²) in [6.07, 6.45) is 0.575. The summed E-state index contributed by atoms with van der Waals surface area (Å²) >= 11 is 0. The van der Waals surface area contributed by atoms with Crippen molar-refractivity contribution in [2.24, 2.45) is 0 Å². The van der Waals surface area contributed by atoms with Gasteiger partial charge in [0.25, 0.3) is 0 Å². The average molecular weight is 249 g/mol. The first-order valence-corrected chi connectivity index (χ1v) is 6.10. The van der Waals surface area contributed by atoms with Gasteiger partial charge in [0.1, 0.15) is 0 Å². The first-order chi connectivity index (χ1) is 8.70. The Bertz CT molecular complexity index is 401. The first kappa shape index (κ1) is 13.2. The van der Waals surface area contributed by atoms with Crippen molar-refractivity contribution in [1.82, 2.24) is 4.90 Å². The Labute approximate surface area is 107 Å². The van der Waals surface area contributed by atoms with Gasteiger partial charge in [0.2, 0.25) is 11.6 Å². The third kappa shape index (κ3) is 2.61. The lowest BCUT2D eigenvalue weighted by Gasteiger charge is -2.37. The van der Waals surface area contributed by atoms with E-state index >= 15 is 0 Å². The highest BCUT2D eigenvalue weighted by atomic mass is 16.7. The molecule has 1 saturated heterocycles. The summed E-state index contributed by atoms with van der Waals surface area (Å²) in [6.45, 7) is 1.95. The molecule has 98 valence electrons. The molecule has 0 atom stereocenters. The van der Waals surface area contributed by atoms with Crippen LogP contribution in [0.5, 0.6) is 0 Å². The Morgan fingerprint density at radius 3 is 2.44 bits per heavy atom. The topological polar surface area (TPSA) is 38.8 Å². The number of hydrogen-bond acceptors (Lipinski definition) is 4. The Hall–Kier alpha value is -1.23. The van der Waals surface area contributed by atoms with Crippen LogP contribution in [0.1, 0.15) is 12.0 Å². The summed E-state index contributed by atoms with van der Waals surface area (Å²) < 4.78 is 10.5. The van der Waals surface area contributed by atoms with E-state index in [9.17, 15) is 4.79 Å². The lowest BCUT2D eigenvalue weighted by Crippen LogP contribution is -2.54. The second kappa shape index (κ2) is 5.61. The van der Waals surface area contributed by atoms with Crippen molar-refractivity contribution >= 4 is 5.78 Å². The molecule has 0 aromatic heterocycles. The van der Waals surface area contributed by atoms with Crippen molar-refractivity contribution in [2.75, 3.05) is 27.3 Å². The smallest absolute Gasteiger partial charge is 0.231 e. The van der Waals surface area contributed by atoms with Crippen LogP contribution in [0.2, 0.25) is 0 Å². The van der Waals surface area contributed by atoms with Crippen LogP contribution in [0.3, 0.4) is 0 Å². The molecule has 2 rings (SSSR count). The van der Waals surface area contributed by atoms with E-state index in [1.54, 1.807) is 0 Å². The Kier molecular flexibility index (Phi) is 4.11. The molecule has 0 unspecified atom stereocenters. The number of carbonyl (C=O) groups excluding carboxylic acids is 1. The number of hydrogen-bond donors (Lipinski definition) is 0. The molecule has 1 aromatic carbocycles. The third-order valence-electron chi connectivity index (χ3n) is 3.46. The van der Waals surface area contributed by atoms with Gasteiger partial charge in [-0.15, -0.1) is 0 Å². The van der Waals surface area contributed by atoms with Crippen LogP contribution in [0.15, 0.2) is 30.3 Å². The van der Waals surface area contributed by atoms with Gasteiger partial charge in [-0.1, -0.05) is 30.3 Å². The zero-order valence-corrected chi connectivity index (χ0v) is 10.9. The maximum Gasteiger partial charge on any atom is 0.231 e. The summed E-state index contributed by atoms with van der Waals surface area (Å²) in [5.74, 6) is -1.04. The van der Waals surface area contributed by atoms with Gasteiger partial charge in [0, 0.05) is 33.7 Å². The molecule has 18 heavy (non-hydrogen) atoms. The molecule has 0 N–H and O–H groups in total. The van der Waals surface area contributed by atoms with Crippen LogP contribution >= 0.6 is 0 Å². The van der Waals surface area contributed by atoms with Crippen molar-refractivity contribution in [3.63, 3.8) is 0 Å². The van der Waals surface area contributed by atoms with Crippen molar-refractivity contribution in [2.45, 2.75) is 18.8 Å². The fraction of sp³-hybridized carbons (Fsp3) is 0.500. The maximum absolute atomic E-state index is 12.1. The molecule has 1 fully saturated rings. The highest BCUT2D eigenvalue weighted by Gasteiger charge is 2.42. The predicted octanol–water partition coefficient (Wildman–Crippen LogP) is 1.45. The number of benzene rings is 1. The standard InChI is InChI=1S/C14H19NO3/c1-17-14(18-2)8-9-15(11-13(14)16)10-12-6-4-3-5-7-12/h3-7H,8-11H2,1-2H3. The minimum absolute atomic E-state index is 0.00492. The number of Topliss-reactive ketones (excluding diaryl/α,β-unsaturated/α-hetero) is 1. The number of methoxy groups -OCH3 is 2. The molecule has 4 heteroatoms. The number of ketones is 1. The van der Waals surface area contributed by atoms with Gasteiger partial charge in [0.05, 0.1) is 6.54 Å². The molecule has 4 nitrogen and oxygen atoms in total. The van der Waals surface area contributed by atoms with E-state index in [0.717, 1.165) is 13.1 Å². The molecule has 1 aromatic rings. The molecule has 0 radical (unpaired) electrons. The Morgan fingerprint density at radius 1 is 1.22 bits per heavy atom. The van der Waals surface area contributed by atoms with Gasteiger partial charge in [-0.25, -0.2) is 0 Å². The summed E-state index contributed by atoms with van der Waals surface area (Å²) in [5.41, 5.74) is 1.22. The van der Waals surface area contributed by atoms with Crippen LogP contribution in [-0.2, 0) is 20.8 Å². The van der Waals surface area contributed by atoms with E-state index in [-0.39, 0.29) is 5.78 Å². The minimum atomic E-state index is -1.03. The van der Waals surface area contributed by atoms with Gasteiger partial charge in [-0.2, -0.15) is 0 Å². The van der Waals surface area contributed by atoms with E-state index in [2.05, 4.69) is 17.0 Å². The number of rotatable bonds is 4. The lowest BCUT2D eigenvalue weighted by molar-refractivity contribution is -0.219. The van der Waals surface area contributed by atoms with Gasteiger partial charge in [-0.3, -0.25) is 9.69 Å². The van der Waals surface area contributed by atoms with E-state index in [1.807, 2.05) is 18.2 Å². The molecular weight excluding hydrogens is 230 g/mol. The normalized spacial score (nSPS) is 20.0. The van der Waals surface area contributed by atoms with Crippen LogP contribution in [0.25, 0.3) is 0 Å². The van der Waals surface area contributed by atoms with Crippen LogP contribution in [-0.4, -0.2) is 43.8 Å². The summed E-state index contributed by atoms with van der Waals surface area (Å²) in [5, 5.41) is 0. The number of likely N-dealkylation sites (tertiary alicyclic amines) is 1. The van der Waals surface area contributed by atoms with Gasteiger partial charge >= 0.3 is 0 Å². The Balaban J connectivity index is 1.98. The third-order valence-corrected chi connectivity index (χ3v) is 3.46. The quantitative estimate of drug-likeness (QED) is 0.757. The molecule has 0 spiro atoms. The largest absolute Gasteiger partial charge is 0.347 e. The van der Waals surface area contributed by atoms with E-state index in [0.29, 0.717) is 13.0 Å². The van der Waals surface area contributed by atoms with Crippen molar-refractivity contribution in [3.8, 4) is 0 Å². The zero-order valence-electron chi connectivity index (χ0n) is 10.9. The van der Waals surface area contributed by atoms with Crippen LogP contribution < -0.4 is 0 Å². The fourth-order valence-electron chi connectivity index (χ4n) is 2.34. The van der Waals surface area contributed by atoms with Crippen molar-refractivity contribution in [3.05, 3.63) is 35.9 Å². The highest BCUT2D eigenvalue weighted by molar-refractivity contribution is 5.88. The van der Waals surface area contributed by atoms with Crippen molar-refractivity contribution in [1.29, 1.82) is 0 Å².